The van der Waals surface area contributed by atoms with Gasteiger partial charge in [-0.3, -0.25) is 19.6 Å². The van der Waals surface area contributed by atoms with Crippen LogP contribution >= 0.6 is 0 Å². The molecule has 0 radical (unpaired) electrons. The molecule has 0 spiro atoms. The lowest BCUT2D eigenvalue weighted by atomic mass is 10.2. The number of carbonyl (C=O) groups excluding carboxylic acids is 1. The van der Waals surface area contributed by atoms with E-state index in [1.807, 2.05) is 0 Å². The number of nitro benzene ring substituents is 1. The Morgan fingerprint density at radius 3 is 2.52 bits per heavy atom. The van der Waals surface area contributed by atoms with Crippen molar-refractivity contribution in [3.05, 3.63) is 58.1 Å². The van der Waals surface area contributed by atoms with E-state index in [1.165, 1.54) is 24.3 Å². The minimum atomic E-state index is -4.17. The van der Waals surface area contributed by atoms with E-state index in [0.29, 0.717) is 11.3 Å². The number of rotatable bonds is 6. The Morgan fingerprint density at radius 2 is 1.88 bits per heavy atom. The summed E-state index contributed by atoms with van der Waals surface area (Å²) in [5.74, 6) is -0.212. The van der Waals surface area contributed by atoms with E-state index in [-0.39, 0.29) is 18.0 Å². The first kappa shape index (κ1) is 18.4. The Labute approximate surface area is 145 Å². The summed E-state index contributed by atoms with van der Waals surface area (Å²) in [5.41, 5.74) is 0.754. The normalized spacial score (nSPS) is 11.0. The maximum Gasteiger partial charge on any atom is 0.289 e. The molecule has 132 valence electrons. The highest BCUT2D eigenvalue weighted by atomic mass is 32.2. The van der Waals surface area contributed by atoms with Crippen molar-refractivity contribution < 1.29 is 18.1 Å². The van der Waals surface area contributed by atoms with Gasteiger partial charge in [-0.15, -0.1) is 0 Å². The molecule has 0 aliphatic rings. The number of sulfonamides is 1. The second kappa shape index (κ2) is 7.31. The van der Waals surface area contributed by atoms with Crippen LogP contribution in [0, 0.1) is 17.0 Å². The van der Waals surface area contributed by atoms with Crippen LogP contribution in [0.15, 0.2) is 47.4 Å². The molecule has 0 aromatic heterocycles. The largest absolute Gasteiger partial charge is 0.326 e. The first-order chi connectivity index (χ1) is 11.7. The molecule has 0 saturated carbocycles. The highest BCUT2D eigenvalue weighted by Gasteiger charge is 2.25. The predicted molar refractivity (Wildman–Crippen MR) is 94.0 cm³/mol. The van der Waals surface area contributed by atoms with Crippen molar-refractivity contribution in [3.63, 3.8) is 0 Å². The summed E-state index contributed by atoms with van der Waals surface area (Å²) < 4.78 is 27.5. The van der Waals surface area contributed by atoms with E-state index in [2.05, 4.69) is 10.0 Å². The van der Waals surface area contributed by atoms with Gasteiger partial charge in [0.1, 0.15) is 0 Å². The van der Waals surface area contributed by atoms with Gasteiger partial charge in [-0.25, -0.2) is 8.42 Å². The van der Waals surface area contributed by atoms with Crippen LogP contribution in [-0.4, -0.2) is 19.2 Å². The molecule has 1 amide bonds. The molecule has 2 rings (SSSR count). The molecule has 0 fully saturated rings. The lowest BCUT2D eigenvalue weighted by Gasteiger charge is -2.13. The Balaban J connectivity index is 2.40. The number of aryl methyl sites for hydroxylation is 1. The molecule has 0 saturated heterocycles. The SMILES string of the molecule is CCC(=O)Nc1ccc(C)c(NS(=O)(=O)c2ccccc2[N+](=O)[O-])c1. The van der Waals surface area contributed by atoms with Gasteiger partial charge < -0.3 is 5.32 Å². The smallest absolute Gasteiger partial charge is 0.289 e. The van der Waals surface area contributed by atoms with Crippen LogP contribution < -0.4 is 10.0 Å². The molecule has 0 aliphatic heterocycles. The Hall–Kier alpha value is -2.94. The standard InChI is InChI=1S/C16H17N3O5S/c1-3-16(20)17-12-9-8-11(2)13(10-12)18-25(23,24)15-7-5-4-6-14(15)19(21)22/h4-10,18H,3H2,1-2H3,(H,17,20). The lowest BCUT2D eigenvalue weighted by molar-refractivity contribution is -0.387. The molecule has 2 N–H and O–H groups in total. The van der Waals surface area contributed by atoms with Gasteiger partial charge in [-0.1, -0.05) is 25.1 Å². The van der Waals surface area contributed by atoms with E-state index in [1.54, 1.807) is 26.0 Å². The average molecular weight is 363 g/mol. The molecule has 0 atom stereocenters. The highest BCUT2D eigenvalue weighted by Crippen LogP contribution is 2.28. The fourth-order valence-electron chi connectivity index (χ4n) is 2.09. The van der Waals surface area contributed by atoms with E-state index >= 15 is 0 Å². The first-order valence-electron chi connectivity index (χ1n) is 7.41. The third-order valence-corrected chi connectivity index (χ3v) is 4.85. The highest BCUT2D eigenvalue weighted by molar-refractivity contribution is 7.92. The topological polar surface area (TPSA) is 118 Å². The third-order valence-electron chi connectivity index (χ3n) is 3.44. The molecule has 8 nitrogen and oxygen atoms in total. The molecule has 2 aromatic rings. The summed E-state index contributed by atoms with van der Waals surface area (Å²) in [7, 11) is -4.17. The minimum absolute atomic E-state index is 0.212. The van der Waals surface area contributed by atoms with Crippen LogP contribution in [0.5, 0.6) is 0 Å². The number of anilines is 2. The fourth-order valence-corrected chi connectivity index (χ4v) is 3.39. The average Bonchev–Trinajstić information content (AvgIpc) is 2.57. The van der Waals surface area contributed by atoms with E-state index in [0.717, 1.165) is 6.07 Å². The zero-order valence-corrected chi connectivity index (χ0v) is 14.5. The van der Waals surface area contributed by atoms with Crippen molar-refractivity contribution in [2.24, 2.45) is 0 Å². The molecule has 2 aromatic carbocycles. The second-order valence-electron chi connectivity index (χ2n) is 5.26. The quantitative estimate of drug-likeness (QED) is 0.604. The Kier molecular flexibility index (Phi) is 5.38. The Morgan fingerprint density at radius 1 is 1.20 bits per heavy atom. The van der Waals surface area contributed by atoms with Crippen LogP contribution in [0.3, 0.4) is 0 Å². The summed E-state index contributed by atoms with van der Waals surface area (Å²) in [6.45, 7) is 3.38. The summed E-state index contributed by atoms with van der Waals surface area (Å²) in [4.78, 5) is 21.4. The lowest BCUT2D eigenvalue weighted by Crippen LogP contribution is -2.16. The molecule has 0 unspecified atom stereocenters. The van der Waals surface area contributed by atoms with Crippen molar-refractivity contribution in [1.29, 1.82) is 0 Å². The van der Waals surface area contributed by atoms with Gasteiger partial charge in [-0.2, -0.15) is 0 Å². The predicted octanol–water partition coefficient (Wildman–Crippen LogP) is 3.05. The van der Waals surface area contributed by atoms with Crippen molar-refractivity contribution >= 4 is 33.0 Å². The number of nitrogens with one attached hydrogen (secondary N) is 2. The summed E-state index contributed by atoms with van der Waals surface area (Å²) in [6.07, 6.45) is 0.283. The van der Waals surface area contributed by atoms with Crippen molar-refractivity contribution in [3.8, 4) is 0 Å². The van der Waals surface area contributed by atoms with Gasteiger partial charge in [0.05, 0.1) is 10.6 Å². The summed E-state index contributed by atoms with van der Waals surface area (Å²) in [5, 5.41) is 13.7. The number of hydrogen-bond acceptors (Lipinski definition) is 5. The molecular weight excluding hydrogens is 346 g/mol. The monoisotopic (exact) mass is 363 g/mol. The third kappa shape index (κ3) is 4.32. The van der Waals surface area contributed by atoms with Crippen LogP contribution in [0.25, 0.3) is 0 Å². The second-order valence-corrected chi connectivity index (χ2v) is 6.91. The summed E-state index contributed by atoms with van der Waals surface area (Å²) >= 11 is 0. The van der Waals surface area contributed by atoms with Crippen LogP contribution in [-0.2, 0) is 14.8 Å². The van der Waals surface area contributed by atoms with Gasteiger partial charge in [0.25, 0.3) is 15.7 Å². The zero-order chi connectivity index (χ0) is 18.6. The number of nitrogens with zero attached hydrogens (tertiary/aromatic N) is 1. The molecule has 0 aliphatic carbocycles. The number of para-hydroxylation sites is 1. The zero-order valence-electron chi connectivity index (χ0n) is 13.6. The fraction of sp³-hybridized carbons (Fsp3) is 0.188. The minimum Gasteiger partial charge on any atom is -0.326 e. The van der Waals surface area contributed by atoms with Crippen molar-refractivity contribution in [2.45, 2.75) is 25.2 Å². The molecular formula is C16H17N3O5S. The van der Waals surface area contributed by atoms with Crippen molar-refractivity contribution in [1.82, 2.24) is 0 Å². The van der Waals surface area contributed by atoms with Crippen molar-refractivity contribution in [2.75, 3.05) is 10.0 Å². The first-order valence-corrected chi connectivity index (χ1v) is 8.89. The number of amides is 1. The van der Waals surface area contributed by atoms with Crippen LogP contribution in [0.4, 0.5) is 17.1 Å². The number of benzene rings is 2. The van der Waals surface area contributed by atoms with Gasteiger partial charge in [0.2, 0.25) is 5.91 Å². The number of carbonyl (C=O) groups is 1. The van der Waals surface area contributed by atoms with Crippen LogP contribution in [0.2, 0.25) is 0 Å². The summed E-state index contributed by atoms with van der Waals surface area (Å²) in [6, 6.07) is 9.84. The molecule has 25 heavy (non-hydrogen) atoms. The molecule has 0 heterocycles. The Bertz CT molecular complexity index is 925. The molecule has 0 bridgehead atoms. The van der Waals surface area contributed by atoms with Gasteiger partial charge in [-0.05, 0) is 30.7 Å². The maximum absolute atomic E-state index is 12.6. The number of hydrogen-bond donors (Lipinski definition) is 2. The maximum atomic E-state index is 12.6. The van der Waals surface area contributed by atoms with Gasteiger partial charge in [0, 0.05) is 18.2 Å². The number of nitro groups is 1. The van der Waals surface area contributed by atoms with Gasteiger partial charge in [0.15, 0.2) is 4.90 Å². The van der Waals surface area contributed by atoms with Crippen LogP contribution in [0.1, 0.15) is 18.9 Å². The molecule has 9 heteroatoms. The van der Waals surface area contributed by atoms with E-state index in [9.17, 15) is 23.3 Å². The van der Waals surface area contributed by atoms with E-state index < -0.39 is 25.5 Å². The van der Waals surface area contributed by atoms with E-state index in [4.69, 9.17) is 0 Å². The van der Waals surface area contributed by atoms with Gasteiger partial charge >= 0.3 is 0 Å².